The first kappa shape index (κ1) is 14.3. The highest BCUT2D eigenvalue weighted by molar-refractivity contribution is 5.93. The van der Waals surface area contributed by atoms with Crippen LogP contribution in [-0.4, -0.2) is 23.7 Å². The molecule has 20 heavy (non-hydrogen) atoms. The highest BCUT2D eigenvalue weighted by atomic mass is 16.3. The molecule has 5 heteroatoms. The molecule has 0 saturated carbocycles. The Bertz CT molecular complexity index is 675. The number of rotatable bonds is 4. The molecule has 1 heterocycles. The molecule has 106 valence electrons. The van der Waals surface area contributed by atoms with Gasteiger partial charge in [-0.05, 0) is 18.1 Å². The van der Waals surface area contributed by atoms with Gasteiger partial charge in [0.05, 0.1) is 18.0 Å². The Morgan fingerprint density at radius 1 is 1.35 bits per heavy atom. The van der Waals surface area contributed by atoms with Crippen LogP contribution in [0.25, 0.3) is 11.0 Å². The summed E-state index contributed by atoms with van der Waals surface area (Å²) in [4.78, 5) is 24.0. The zero-order valence-corrected chi connectivity index (χ0v) is 11.4. The van der Waals surface area contributed by atoms with Gasteiger partial charge in [-0.3, -0.25) is 9.59 Å². The van der Waals surface area contributed by atoms with E-state index in [0.717, 1.165) is 0 Å². The smallest absolute Gasteiger partial charge is 0.287 e. The Hall–Kier alpha value is -2.14. The summed E-state index contributed by atoms with van der Waals surface area (Å²) in [7, 11) is 0. The SMILES string of the molecule is CC(C)[C@@H](CO)NC(=O)c1cc(=O)c2ccccc2o1. The second-order valence-corrected chi connectivity index (χ2v) is 4.98. The first-order chi connectivity index (χ1) is 9.52. The second kappa shape index (κ2) is 5.88. The lowest BCUT2D eigenvalue weighted by molar-refractivity contribution is 0.0869. The Morgan fingerprint density at radius 2 is 2.05 bits per heavy atom. The Balaban J connectivity index is 2.33. The number of aliphatic hydroxyl groups excluding tert-OH is 1. The van der Waals surface area contributed by atoms with Crippen molar-refractivity contribution in [2.45, 2.75) is 19.9 Å². The fourth-order valence-electron chi connectivity index (χ4n) is 1.88. The van der Waals surface area contributed by atoms with Gasteiger partial charge in [0.15, 0.2) is 11.2 Å². The van der Waals surface area contributed by atoms with E-state index in [1.165, 1.54) is 6.07 Å². The molecule has 0 spiro atoms. The van der Waals surface area contributed by atoms with Gasteiger partial charge in [-0.2, -0.15) is 0 Å². The van der Waals surface area contributed by atoms with Crippen LogP contribution < -0.4 is 10.7 Å². The topological polar surface area (TPSA) is 79.5 Å². The molecule has 1 atom stereocenters. The van der Waals surface area contributed by atoms with E-state index in [1.807, 2.05) is 13.8 Å². The van der Waals surface area contributed by atoms with E-state index in [4.69, 9.17) is 4.42 Å². The van der Waals surface area contributed by atoms with Crippen molar-refractivity contribution in [2.75, 3.05) is 6.61 Å². The third-order valence-electron chi connectivity index (χ3n) is 3.18. The van der Waals surface area contributed by atoms with Crippen molar-refractivity contribution in [1.82, 2.24) is 5.32 Å². The number of carbonyl (C=O) groups excluding carboxylic acids is 1. The van der Waals surface area contributed by atoms with Gasteiger partial charge in [0.1, 0.15) is 5.58 Å². The third kappa shape index (κ3) is 2.88. The van der Waals surface area contributed by atoms with Gasteiger partial charge >= 0.3 is 0 Å². The highest BCUT2D eigenvalue weighted by Gasteiger charge is 2.18. The summed E-state index contributed by atoms with van der Waals surface area (Å²) in [5.74, 6) is -0.468. The molecule has 0 fully saturated rings. The zero-order chi connectivity index (χ0) is 14.7. The van der Waals surface area contributed by atoms with Crippen molar-refractivity contribution < 1.29 is 14.3 Å². The first-order valence-electron chi connectivity index (χ1n) is 6.47. The van der Waals surface area contributed by atoms with Gasteiger partial charge in [-0.15, -0.1) is 0 Å². The predicted molar refractivity (Wildman–Crippen MR) is 75.7 cm³/mol. The Morgan fingerprint density at radius 3 is 2.70 bits per heavy atom. The predicted octanol–water partition coefficient (Wildman–Crippen LogP) is 1.54. The van der Waals surface area contributed by atoms with Crippen LogP contribution >= 0.6 is 0 Å². The first-order valence-corrected chi connectivity index (χ1v) is 6.47. The fraction of sp³-hybridized carbons (Fsp3) is 0.333. The summed E-state index contributed by atoms with van der Waals surface area (Å²) in [6.45, 7) is 3.61. The second-order valence-electron chi connectivity index (χ2n) is 4.98. The largest absolute Gasteiger partial charge is 0.451 e. The van der Waals surface area contributed by atoms with Crippen LogP contribution in [0.5, 0.6) is 0 Å². The molecule has 1 amide bonds. The lowest BCUT2D eigenvalue weighted by Crippen LogP contribution is -2.41. The van der Waals surface area contributed by atoms with Gasteiger partial charge in [0.2, 0.25) is 0 Å². The number of hydrogen-bond donors (Lipinski definition) is 2. The van der Waals surface area contributed by atoms with Gasteiger partial charge in [-0.1, -0.05) is 26.0 Å². The molecular formula is C15H17NO4. The van der Waals surface area contributed by atoms with Crippen LogP contribution in [0.15, 0.2) is 39.5 Å². The quantitative estimate of drug-likeness (QED) is 0.887. The molecule has 0 bridgehead atoms. The molecule has 0 radical (unpaired) electrons. The fourth-order valence-corrected chi connectivity index (χ4v) is 1.88. The lowest BCUT2D eigenvalue weighted by atomic mass is 10.1. The summed E-state index contributed by atoms with van der Waals surface area (Å²) in [5, 5.41) is 12.3. The number of aliphatic hydroxyl groups is 1. The summed E-state index contributed by atoms with van der Waals surface area (Å²) in [6.07, 6.45) is 0. The molecule has 0 saturated heterocycles. The minimum atomic E-state index is -0.499. The summed E-state index contributed by atoms with van der Waals surface area (Å²) in [5.41, 5.74) is 0.109. The minimum Gasteiger partial charge on any atom is -0.451 e. The van der Waals surface area contributed by atoms with E-state index in [1.54, 1.807) is 24.3 Å². The standard InChI is InChI=1S/C15H17NO4/c1-9(2)11(8-17)16-15(19)14-7-12(18)10-5-3-4-6-13(10)20-14/h3-7,9,11,17H,8H2,1-2H3,(H,16,19)/t11-/m1/s1. The van der Waals surface area contributed by atoms with Crippen LogP contribution in [0, 0.1) is 5.92 Å². The Labute approximate surface area is 116 Å². The molecule has 1 aromatic carbocycles. The molecule has 2 N–H and O–H groups in total. The van der Waals surface area contributed by atoms with Gasteiger partial charge in [0, 0.05) is 6.07 Å². The number of nitrogens with one attached hydrogen (secondary N) is 1. The van der Waals surface area contributed by atoms with Crippen molar-refractivity contribution in [3.05, 3.63) is 46.3 Å². The van der Waals surface area contributed by atoms with Crippen molar-refractivity contribution >= 4 is 16.9 Å². The maximum Gasteiger partial charge on any atom is 0.287 e. The zero-order valence-electron chi connectivity index (χ0n) is 11.4. The number of fused-ring (bicyclic) bond motifs is 1. The number of amides is 1. The normalized spacial score (nSPS) is 12.6. The van der Waals surface area contributed by atoms with Gasteiger partial charge < -0.3 is 14.8 Å². The monoisotopic (exact) mass is 275 g/mol. The summed E-state index contributed by atoms with van der Waals surface area (Å²) in [6, 6.07) is 7.55. The number of hydrogen-bond acceptors (Lipinski definition) is 4. The number of benzene rings is 1. The average Bonchev–Trinajstić information content (AvgIpc) is 2.44. The van der Waals surface area contributed by atoms with E-state index in [-0.39, 0.29) is 29.8 Å². The molecule has 0 aliphatic rings. The van der Waals surface area contributed by atoms with E-state index in [9.17, 15) is 14.7 Å². The van der Waals surface area contributed by atoms with Crippen LogP contribution in [0.3, 0.4) is 0 Å². The highest BCUT2D eigenvalue weighted by Crippen LogP contribution is 2.12. The van der Waals surface area contributed by atoms with Crippen molar-refractivity contribution in [1.29, 1.82) is 0 Å². The molecule has 0 unspecified atom stereocenters. The van der Waals surface area contributed by atoms with E-state index < -0.39 is 5.91 Å². The molecule has 0 aliphatic carbocycles. The molecular weight excluding hydrogens is 258 g/mol. The molecule has 0 aliphatic heterocycles. The molecule has 2 aromatic rings. The maximum absolute atomic E-state index is 12.1. The summed E-state index contributed by atoms with van der Waals surface area (Å²) < 4.78 is 5.44. The van der Waals surface area contributed by atoms with Crippen LogP contribution in [-0.2, 0) is 0 Å². The van der Waals surface area contributed by atoms with E-state index in [2.05, 4.69) is 5.32 Å². The molecule has 5 nitrogen and oxygen atoms in total. The van der Waals surface area contributed by atoms with Crippen LogP contribution in [0.1, 0.15) is 24.4 Å². The van der Waals surface area contributed by atoms with Gasteiger partial charge in [0.25, 0.3) is 5.91 Å². The maximum atomic E-state index is 12.1. The molecule has 2 rings (SSSR count). The molecule has 1 aromatic heterocycles. The van der Waals surface area contributed by atoms with Crippen LogP contribution in [0.4, 0.5) is 0 Å². The number of para-hydroxylation sites is 1. The van der Waals surface area contributed by atoms with Gasteiger partial charge in [-0.25, -0.2) is 0 Å². The lowest BCUT2D eigenvalue weighted by Gasteiger charge is -2.19. The van der Waals surface area contributed by atoms with Crippen molar-refractivity contribution in [3.8, 4) is 0 Å². The van der Waals surface area contributed by atoms with Crippen molar-refractivity contribution in [2.24, 2.45) is 5.92 Å². The summed E-state index contributed by atoms with van der Waals surface area (Å²) >= 11 is 0. The third-order valence-corrected chi connectivity index (χ3v) is 3.18. The van der Waals surface area contributed by atoms with E-state index in [0.29, 0.717) is 11.0 Å². The van der Waals surface area contributed by atoms with Crippen LogP contribution in [0.2, 0.25) is 0 Å². The average molecular weight is 275 g/mol. The van der Waals surface area contributed by atoms with E-state index >= 15 is 0 Å². The number of carbonyl (C=O) groups is 1. The van der Waals surface area contributed by atoms with Crippen molar-refractivity contribution in [3.63, 3.8) is 0 Å². The minimum absolute atomic E-state index is 0.0483. The Kier molecular flexibility index (Phi) is 4.20.